The van der Waals surface area contributed by atoms with Gasteiger partial charge < -0.3 is 10.1 Å². The Kier molecular flexibility index (Phi) is 5.30. The largest absolute Gasteiger partial charge is 0.377 e. The van der Waals surface area contributed by atoms with Gasteiger partial charge in [-0.2, -0.15) is 0 Å². The minimum Gasteiger partial charge on any atom is -0.377 e. The van der Waals surface area contributed by atoms with E-state index in [2.05, 4.69) is 19.3 Å². The SMILES string of the molecule is CCC1CCC(C(NC)C2CCCCO2)CC1. The van der Waals surface area contributed by atoms with Crippen LogP contribution in [-0.4, -0.2) is 25.8 Å². The molecule has 2 rings (SSSR count). The minimum atomic E-state index is 0.483. The van der Waals surface area contributed by atoms with E-state index in [0.29, 0.717) is 12.1 Å². The third-order valence-electron chi connectivity index (χ3n) is 4.93. The summed E-state index contributed by atoms with van der Waals surface area (Å²) in [6.45, 7) is 3.32. The summed E-state index contributed by atoms with van der Waals surface area (Å²) in [5.41, 5.74) is 0. The van der Waals surface area contributed by atoms with Crippen LogP contribution in [-0.2, 0) is 4.74 Å². The maximum atomic E-state index is 5.97. The zero-order chi connectivity index (χ0) is 12.1. The number of rotatable bonds is 4. The first-order chi connectivity index (χ1) is 8.35. The van der Waals surface area contributed by atoms with Crippen LogP contribution >= 0.6 is 0 Å². The van der Waals surface area contributed by atoms with Crippen LogP contribution in [0, 0.1) is 11.8 Å². The highest BCUT2D eigenvalue weighted by Crippen LogP contribution is 2.34. The average Bonchev–Trinajstić information content (AvgIpc) is 2.42. The Morgan fingerprint density at radius 3 is 2.41 bits per heavy atom. The molecule has 1 heterocycles. The maximum absolute atomic E-state index is 5.97. The molecule has 1 saturated heterocycles. The molecular weight excluding hydrogens is 210 g/mol. The van der Waals surface area contributed by atoms with Crippen LogP contribution in [0.5, 0.6) is 0 Å². The molecule has 1 N–H and O–H groups in total. The van der Waals surface area contributed by atoms with E-state index in [0.717, 1.165) is 18.4 Å². The Bertz CT molecular complexity index is 205. The summed E-state index contributed by atoms with van der Waals surface area (Å²) in [4.78, 5) is 0. The van der Waals surface area contributed by atoms with Crippen LogP contribution in [0.15, 0.2) is 0 Å². The molecule has 2 unspecified atom stereocenters. The second kappa shape index (κ2) is 6.75. The molecule has 2 nitrogen and oxygen atoms in total. The van der Waals surface area contributed by atoms with E-state index in [1.165, 1.54) is 51.4 Å². The van der Waals surface area contributed by atoms with Gasteiger partial charge in [-0.1, -0.05) is 26.2 Å². The Morgan fingerprint density at radius 2 is 1.88 bits per heavy atom. The molecule has 2 aliphatic rings. The molecule has 2 atom stereocenters. The van der Waals surface area contributed by atoms with Crippen molar-refractivity contribution in [3.8, 4) is 0 Å². The number of hydrogen-bond donors (Lipinski definition) is 1. The summed E-state index contributed by atoms with van der Waals surface area (Å²) in [5.74, 6) is 1.85. The highest BCUT2D eigenvalue weighted by atomic mass is 16.5. The van der Waals surface area contributed by atoms with Gasteiger partial charge in [-0.15, -0.1) is 0 Å². The predicted molar refractivity (Wildman–Crippen MR) is 72.2 cm³/mol. The Balaban J connectivity index is 1.85. The van der Waals surface area contributed by atoms with Crippen molar-refractivity contribution in [2.75, 3.05) is 13.7 Å². The quantitative estimate of drug-likeness (QED) is 0.812. The molecule has 2 heteroatoms. The normalized spacial score (nSPS) is 36.7. The average molecular weight is 239 g/mol. The van der Waals surface area contributed by atoms with E-state index >= 15 is 0 Å². The van der Waals surface area contributed by atoms with Crippen molar-refractivity contribution in [2.45, 2.75) is 70.4 Å². The number of nitrogens with one attached hydrogen (secondary N) is 1. The second-order valence-electron chi connectivity index (χ2n) is 5.91. The summed E-state index contributed by atoms with van der Waals surface area (Å²) in [6.07, 6.45) is 11.4. The summed E-state index contributed by atoms with van der Waals surface area (Å²) >= 11 is 0. The van der Waals surface area contributed by atoms with Crippen molar-refractivity contribution < 1.29 is 4.74 Å². The van der Waals surface area contributed by atoms with Gasteiger partial charge >= 0.3 is 0 Å². The molecule has 1 aliphatic heterocycles. The molecular formula is C15H29NO. The van der Waals surface area contributed by atoms with Crippen LogP contribution < -0.4 is 5.32 Å². The van der Waals surface area contributed by atoms with Gasteiger partial charge in [-0.25, -0.2) is 0 Å². The molecule has 0 aromatic heterocycles. The molecule has 0 bridgehead atoms. The fourth-order valence-electron chi connectivity index (χ4n) is 3.73. The number of likely N-dealkylation sites (N-methyl/N-ethyl adjacent to an activating group) is 1. The van der Waals surface area contributed by atoms with Crippen LogP contribution in [0.1, 0.15) is 58.3 Å². The van der Waals surface area contributed by atoms with Crippen molar-refractivity contribution >= 4 is 0 Å². The molecule has 1 saturated carbocycles. The molecule has 1 aliphatic carbocycles. The number of ether oxygens (including phenoxy) is 1. The van der Waals surface area contributed by atoms with Gasteiger partial charge in [0.1, 0.15) is 0 Å². The minimum absolute atomic E-state index is 0.483. The van der Waals surface area contributed by atoms with E-state index in [-0.39, 0.29) is 0 Å². The molecule has 0 spiro atoms. The lowest BCUT2D eigenvalue weighted by molar-refractivity contribution is -0.0251. The third kappa shape index (κ3) is 3.45. The lowest BCUT2D eigenvalue weighted by Crippen LogP contribution is -2.47. The predicted octanol–water partition coefficient (Wildman–Crippen LogP) is 3.36. The van der Waals surface area contributed by atoms with Gasteiger partial charge in [-0.3, -0.25) is 0 Å². The van der Waals surface area contributed by atoms with Crippen molar-refractivity contribution in [1.29, 1.82) is 0 Å². The van der Waals surface area contributed by atoms with E-state index in [4.69, 9.17) is 4.74 Å². The summed E-state index contributed by atoms with van der Waals surface area (Å²) < 4.78 is 5.97. The maximum Gasteiger partial charge on any atom is 0.0730 e. The van der Waals surface area contributed by atoms with Gasteiger partial charge in [0.05, 0.1) is 6.10 Å². The zero-order valence-electron chi connectivity index (χ0n) is 11.6. The highest BCUT2D eigenvalue weighted by Gasteiger charge is 2.32. The Morgan fingerprint density at radius 1 is 1.12 bits per heavy atom. The Labute approximate surface area is 107 Å². The van der Waals surface area contributed by atoms with Crippen LogP contribution in [0.3, 0.4) is 0 Å². The van der Waals surface area contributed by atoms with Gasteiger partial charge in [-0.05, 0) is 51.0 Å². The fraction of sp³-hybridized carbons (Fsp3) is 1.00. The van der Waals surface area contributed by atoms with Gasteiger partial charge in [0.15, 0.2) is 0 Å². The zero-order valence-corrected chi connectivity index (χ0v) is 11.6. The highest BCUT2D eigenvalue weighted by molar-refractivity contribution is 4.87. The fourth-order valence-corrected chi connectivity index (χ4v) is 3.73. The first kappa shape index (κ1) is 13.4. The van der Waals surface area contributed by atoms with Gasteiger partial charge in [0.2, 0.25) is 0 Å². The lowest BCUT2D eigenvalue weighted by Gasteiger charge is -2.39. The van der Waals surface area contributed by atoms with E-state index in [1.807, 2.05) is 0 Å². The third-order valence-corrected chi connectivity index (χ3v) is 4.93. The van der Waals surface area contributed by atoms with Gasteiger partial charge in [0, 0.05) is 12.6 Å². The van der Waals surface area contributed by atoms with E-state index in [1.54, 1.807) is 0 Å². The molecule has 0 aromatic rings. The monoisotopic (exact) mass is 239 g/mol. The second-order valence-corrected chi connectivity index (χ2v) is 5.91. The summed E-state index contributed by atoms with van der Waals surface area (Å²) in [5, 5.41) is 3.55. The lowest BCUT2D eigenvalue weighted by atomic mass is 9.75. The van der Waals surface area contributed by atoms with Crippen molar-refractivity contribution in [1.82, 2.24) is 5.32 Å². The first-order valence-corrected chi connectivity index (χ1v) is 7.64. The first-order valence-electron chi connectivity index (χ1n) is 7.64. The van der Waals surface area contributed by atoms with E-state index in [9.17, 15) is 0 Å². The summed E-state index contributed by atoms with van der Waals surface area (Å²) in [6, 6.07) is 0.605. The molecule has 0 amide bonds. The van der Waals surface area contributed by atoms with Crippen LogP contribution in [0.2, 0.25) is 0 Å². The van der Waals surface area contributed by atoms with Crippen molar-refractivity contribution in [3.63, 3.8) is 0 Å². The van der Waals surface area contributed by atoms with Crippen molar-refractivity contribution in [2.24, 2.45) is 11.8 Å². The van der Waals surface area contributed by atoms with Gasteiger partial charge in [0.25, 0.3) is 0 Å². The van der Waals surface area contributed by atoms with Crippen LogP contribution in [0.4, 0.5) is 0 Å². The molecule has 0 aromatic carbocycles. The van der Waals surface area contributed by atoms with Crippen molar-refractivity contribution in [3.05, 3.63) is 0 Å². The topological polar surface area (TPSA) is 21.3 Å². The smallest absolute Gasteiger partial charge is 0.0730 e. The molecule has 100 valence electrons. The molecule has 0 radical (unpaired) electrons. The standard InChI is InChI=1S/C15H29NO/c1-3-12-7-9-13(10-8-12)15(16-2)14-6-4-5-11-17-14/h12-16H,3-11H2,1-2H3. The van der Waals surface area contributed by atoms with E-state index < -0.39 is 0 Å². The Hall–Kier alpha value is -0.0800. The number of hydrogen-bond acceptors (Lipinski definition) is 2. The summed E-state index contributed by atoms with van der Waals surface area (Å²) in [7, 11) is 2.12. The van der Waals surface area contributed by atoms with Crippen LogP contribution in [0.25, 0.3) is 0 Å². The molecule has 2 fully saturated rings. The molecule has 17 heavy (non-hydrogen) atoms.